The SMILES string of the molecule is CCCC/C=C\CCCCCCCC(=O)OCC(COC(=O)CCCCCCCCCCCCCCCCCCC/C=C\C/C=C\CCCCCCC)OC(=O)CCCCCCCCCCCCCCCCCCCC. The van der Waals surface area contributed by atoms with Gasteiger partial charge in [0, 0.05) is 19.3 Å². The monoisotopic (exact) mass is 1070 g/mol. The molecule has 0 aromatic heterocycles. The summed E-state index contributed by atoms with van der Waals surface area (Å²) < 4.78 is 16.9. The van der Waals surface area contributed by atoms with Gasteiger partial charge in [-0.05, 0) is 70.6 Å². The van der Waals surface area contributed by atoms with Crippen LogP contribution in [0.4, 0.5) is 0 Å². The van der Waals surface area contributed by atoms with E-state index in [1.165, 1.54) is 263 Å². The minimum absolute atomic E-state index is 0.0693. The normalized spacial score (nSPS) is 12.2. The summed E-state index contributed by atoms with van der Waals surface area (Å²) in [6.45, 7) is 6.65. The molecule has 1 atom stereocenters. The number of hydrogen-bond acceptors (Lipinski definition) is 6. The molecule has 0 saturated heterocycles. The summed E-state index contributed by atoms with van der Waals surface area (Å²) in [5.74, 6) is -0.853. The van der Waals surface area contributed by atoms with Crippen molar-refractivity contribution in [3.63, 3.8) is 0 Å². The van der Waals surface area contributed by atoms with E-state index in [1.54, 1.807) is 0 Å². The Hall–Kier alpha value is -2.37. The predicted molar refractivity (Wildman–Crippen MR) is 330 cm³/mol. The molecule has 0 rings (SSSR count). The zero-order valence-corrected chi connectivity index (χ0v) is 51.3. The van der Waals surface area contributed by atoms with Gasteiger partial charge in [0.2, 0.25) is 0 Å². The second-order valence-corrected chi connectivity index (χ2v) is 23.1. The molecule has 0 aromatic rings. The average molecular weight is 1070 g/mol. The van der Waals surface area contributed by atoms with Crippen molar-refractivity contribution in [2.45, 2.75) is 380 Å². The van der Waals surface area contributed by atoms with Gasteiger partial charge in [0.05, 0.1) is 0 Å². The van der Waals surface area contributed by atoms with Crippen LogP contribution in [0, 0.1) is 0 Å². The lowest BCUT2D eigenvalue weighted by atomic mass is 10.0. The maximum Gasteiger partial charge on any atom is 0.306 e. The van der Waals surface area contributed by atoms with Gasteiger partial charge in [-0.15, -0.1) is 0 Å². The number of esters is 3. The molecule has 0 aliphatic heterocycles. The third-order valence-electron chi connectivity index (χ3n) is 15.4. The molecular weight excluding hydrogens is 937 g/mol. The van der Waals surface area contributed by atoms with E-state index in [2.05, 4.69) is 57.2 Å². The van der Waals surface area contributed by atoms with Crippen molar-refractivity contribution in [2.75, 3.05) is 13.2 Å². The molecule has 0 bridgehead atoms. The Labute approximate surface area is 474 Å². The highest BCUT2D eigenvalue weighted by atomic mass is 16.6. The van der Waals surface area contributed by atoms with E-state index in [0.717, 1.165) is 70.6 Å². The van der Waals surface area contributed by atoms with E-state index in [9.17, 15) is 14.4 Å². The van der Waals surface area contributed by atoms with E-state index < -0.39 is 6.10 Å². The molecule has 0 heterocycles. The molecular formula is C70H130O6. The molecule has 0 radical (unpaired) electrons. The third-order valence-corrected chi connectivity index (χ3v) is 15.4. The van der Waals surface area contributed by atoms with Crippen LogP contribution < -0.4 is 0 Å². The topological polar surface area (TPSA) is 78.9 Å². The van der Waals surface area contributed by atoms with Crippen molar-refractivity contribution < 1.29 is 28.6 Å². The van der Waals surface area contributed by atoms with Crippen LogP contribution in [0.3, 0.4) is 0 Å². The number of unbranched alkanes of at least 4 members (excludes halogenated alkanes) is 46. The number of rotatable bonds is 63. The molecule has 0 spiro atoms. The van der Waals surface area contributed by atoms with Gasteiger partial charge in [-0.2, -0.15) is 0 Å². The Bertz CT molecular complexity index is 1270. The molecule has 0 saturated carbocycles. The standard InChI is InChI=1S/C70H130O6/c1-4-7-10-13-16-19-22-24-26-28-30-31-32-33-34-35-36-37-38-39-40-42-43-45-48-51-54-57-60-63-69(72)75-66-67(65-74-68(71)62-59-56-53-50-47-21-18-15-12-9-6-3)76-70(73)64-61-58-55-52-49-46-44-41-29-27-25-23-20-17-14-11-8-5-2/h15,18,22,24,28,30,67H,4-14,16-17,19-21,23,25-27,29,31-66H2,1-3H3/b18-15-,24-22-,30-28-. The van der Waals surface area contributed by atoms with E-state index in [0.29, 0.717) is 19.3 Å². The Balaban J connectivity index is 4.14. The van der Waals surface area contributed by atoms with E-state index in [4.69, 9.17) is 14.2 Å². The predicted octanol–water partition coefficient (Wildman–Crippen LogP) is 23.2. The Morgan fingerprint density at radius 3 is 0.776 bits per heavy atom. The highest BCUT2D eigenvalue weighted by Crippen LogP contribution is 2.18. The first-order chi connectivity index (χ1) is 37.5. The molecule has 6 heteroatoms. The Morgan fingerprint density at radius 1 is 0.263 bits per heavy atom. The smallest absolute Gasteiger partial charge is 0.306 e. The molecule has 1 unspecified atom stereocenters. The number of allylic oxidation sites excluding steroid dienone is 6. The maximum absolute atomic E-state index is 12.9. The number of carbonyl (C=O) groups is 3. The Morgan fingerprint density at radius 2 is 0.487 bits per heavy atom. The summed E-state index contributed by atoms with van der Waals surface area (Å²) in [5, 5.41) is 0. The summed E-state index contributed by atoms with van der Waals surface area (Å²) in [4.78, 5) is 38.3. The summed E-state index contributed by atoms with van der Waals surface area (Å²) >= 11 is 0. The van der Waals surface area contributed by atoms with Crippen LogP contribution in [0.25, 0.3) is 0 Å². The molecule has 0 fully saturated rings. The molecule has 0 N–H and O–H groups in total. The average Bonchev–Trinajstić information content (AvgIpc) is 3.42. The van der Waals surface area contributed by atoms with Gasteiger partial charge in [-0.25, -0.2) is 0 Å². The number of ether oxygens (including phenoxy) is 3. The van der Waals surface area contributed by atoms with Crippen molar-refractivity contribution in [1.82, 2.24) is 0 Å². The first-order valence-electron chi connectivity index (χ1n) is 34.0. The van der Waals surface area contributed by atoms with Gasteiger partial charge < -0.3 is 14.2 Å². The largest absolute Gasteiger partial charge is 0.462 e. The summed E-state index contributed by atoms with van der Waals surface area (Å²) in [5.41, 5.74) is 0. The van der Waals surface area contributed by atoms with Crippen LogP contribution in [0.1, 0.15) is 374 Å². The van der Waals surface area contributed by atoms with Crippen molar-refractivity contribution in [2.24, 2.45) is 0 Å². The van der Waals surface area contributed by atoms with Crippen LogP contribution in [0.5, 0.6) is 0 Å². The fourth-order valence-electron chi connectivity index (χ4n) is 10.2. The van der Waals surface area contributed by atoms with E-state index >= 15 is 0 Å². The molecule has 0 aliphatic rings. The van der Waals surface area contributed by atoms with Crippen molar-refractivity contribution in [1.29, 1.82) is 0 Å². The van der Waals surface area contributed by atoms with Crippen LogP contribution >= 0.6 is 0 Å². The molecule has 0 aromatic carbocycles. The highest BCUT2D eigenvalue weighted by Gasteiger charge is 2.19. The van der Waals surface area contributed by atoms with Gasteiger partial charge in [0.15, 0.2) is 6.10 Å². The lowest BCUT2D eigenvalue weighted by Crippen LogP contribution is -2.30. The van der Waals surface area contributed by atoms with E-state index in [-0.39, 0.29) is 31.1 Å². The zero-order chi connectivity index (χ0) is 55.0. The highest BCUT2D eigenvalue weighted by molar-refractivity contribution is 5.71. The molecule has 446 valence electrons. The van der Waals surface area contributed by atoms with Crippen LogP contribution in [0.2, 0.25) is 0 Å². The summed E-state index contributed by atoms with van der Waals surface area (Å²) in [6, 6.07) is 0. The fraction of sp³-hybridized carbons (Fsp3) is 0.871. The fourth-order valence-corrected chi connectivity index (χ4v) is 10.2. The number of carbonyl (C=O) groups excluding carboxylic acids is 3. The molecule has 76 heavy (non-hydrogen) atoms. The van der Waals surface area contributed by atoms with Crippen LogP contribution in [-0.2, 0) is 28.6 Å². The lowest BCUT2D eigenvalue weighted by molar-refractivity contribution is -0.167. The van der Waals surface area contributed by atoms with Crippen molar-refractivity contribution in [3.8, 4) is 0 Å². The first-order valence-corrected chi connectivity index (χ1v) is 34.0. The van der Waals surface area contributed by atoms with Gasteiger partial charge in [0.25, 0.3) is 0 Å². The second-order valence-electron chi connectivity index (χ2n) is 23.1. The van der Waals surface area contributed by atoms with E-state index in [1.807, 2.05) is 0 Å². The van der Waals surface area contributed by atoms with Gasteiger partial charge in [0.1, 0.15) is 13.2 Å². The van der Waals surface area contributed by atoms with Gasteiger partial charge in [-0.3, -0.25) is 14.4 Å². The minimum Gasteiger partial charge on any atom is -0.462 e. The molecule has 0 amide bonds. The van der Waals surface area contributed by atoms with Crippen LogP contribution in [0.15, 0.2) is 36.5 Å². The molecule has 6 nitrogen and oxygen atoms in total. The zero-order valence-electron chi connectivity index (χ0n) is 51.3. The first kappa shape index (κ1) is 73.6. The minimum atomic E-state index is -0.772. The summed E-state index contributed by atoms with van der Waals surface area (Å²) in [6.07, 6.45) is 80.3. The van der Waals surface area contributed by atoms with Crippen LogP contribution in [-0.4, -0.2) is 37.2 Å². The molecule has 0 aliphatic carbocycles. The van der Waals surface area contributed by atoms with Crippen molar-refractivity contribution >= 4 is 17.9 Å². The Kier molecular flexibility index (Phi) is 63.1. The second kappa shape index (κ2) is 65.2. The quantitative estimate of drug-likeness (QED) is 0.0261. The number of hydrogen-bond donors (Lipinski definition) is 0. The maximum atomic E-state index is 12.9. The summed E-state index contributed by atoms with van der Waals surface area (Å²) in [7, 11) is 0. The van der Waals surface area contributed by atoms with Crippen molar-refractivity contribution in [3.05, 3.63) is 36.5 Å². The lowest BCUT2D eigenvalue weighted by Gasteiger charge is -2.18. The van der Waals surface area contributed by atoms with Gasteiger partial charge in [-0.1, -0.05) is 320 Å². The van der Waals surface area contributed by atoms with Gasteiger partial charge >= 0.3 is 17.9 Å². The third kappa shape index (κ3) is 62.5.